The Kier molecular flexibility index (Phi) is 4.59. The van der Waals surface area contributed by atoms with E-state index in [-0.39, 0.29) is 6.42 Å². The van der Waals surface area contributed by atoms with Gasteiger partial charge in [-0.1, -0.05) is 0 Å². The topological polar surface area (TPSA) is 40.5 Å². The molecule has 1 fully saturated rings. The maximum absolute atomic E-state index is 10.4. The Morgan fingerprint density at radius 1 is 1.54 bits per heavy atom. The predicted octanol–water partition coefficient (Wildman–Crippen LogP) is 1.29. The highest BCUT2D eigenvalue weighted by Gasteiger charge is 2.18. The predicted molar refractivity (Wildman–Crippen MR) is 55.2 cm³/mol. The van der Waals surface area contributed by atoms with E-state index in [2.05, 4.69) is 4.90 Å². The van der Waals surface area contributed by atoms with Gasteiger partial charge in [0, 0.05) is 12.6 Å². The van der Waals surface area contributed by atoms with Gasteiger partial charge in [0.15, 0.2) is 0 Å². The van der Waals surface area contributed by atoms with Crippen molar-refractivity contribution in [2.45, 2.75) is 25.3 Å². The molecule has 0 radical (unpaired) electrons. The second kappa shape index (κ2) is 5.50. The van der Waals surface area contributed by atoms with Crippen LogP contribution in [-0.4, -0.2) is 47.1 Å². The molecule has 1 N–H and O–H groups in total. The summed E-state index contributed by atoms with van der Waals surface area (Å²) < 4.78 is 0. The van der Waals surface area contributed by atoms with Gasteiger partial charge in [0.2, 0.25) is 0 Å². The number of nitrogens with zero attached hydrogens (tertiary/aromatic N) is 1. The van der Waals surface area contributed by atoms with Crippen LogP contribution in [0.3, 0.4) is 0 Å². The SMILES string of the molecule is CN(CCC(=O)O)C1CCSCC1. The van der Waals surface area contributed by atoms with E-state index in [4.69, 9.17) is 5.11 Å². The van der Waals surface area contributed by atoms with Crippen molar-refractivity contribution in [3.63, 3.8) is 0 Å². The Hall–Kier alpha value is -0.220. The molecule has 1 aliphatic heterocycles. The Morgan fingerprint density at radius 3 is 2.69 bits per heavy atom. The summed E-state index contributed by atoms with van der Waals surface area (Å²) in [6, 6.07) is 0.612. The average molecular weight is 203 g/mol. The Bertz CT molecular complexity index is 169. The molecule has 0 amide bonds. The summed E-state index contributed by atoms with van der Waals surface area (Å²) in [5, 5.41) is 8.53. The number of carboxylic acids is 1. The lowest BCUT2D eigenvalue weighted by Gasteiger charge is -2.30. The van der Waals surface area contributed by atoms with Crippen LogP contribution in [0.5, 0.6) is 0 Å². The third-order valence-corrected chi connectivity index (χ3v) is 3.54. The fourth-order valence-corrected chi connectivity index (χ4v) is 2.66. The van der Waals surface area contributed by atoms with Crippen LogP contribution in [0.25, 0.3) is 0 Å². The quantitative estimate of drug-likeness (QED) is 0.747. The first kappa shape index (κ1) is 10.9. The monoisotopic (exact) mass is 203 g/mol. The van der Waals surface area contributed by atoms with Crippen LogP contribution in [-0.2, 0) is 4.79 Å². The lowest BCUT2D eigenvalue weighted by molar-refractivity contribution is -0.137. The second-order valence-corrected chi connectivity index (χ2v) is 4.69. The summed E-state index contributed by atoms with van der Waals surface area (Å²) >= 11 is 2.00. The van der Waals surface area contributed by atoms with Crippen LogP contribution in [0.15, 0.2) is 0 Å². The van der Waals surface area contributed by atoms with Gasteiger partial charge >= 0.3 is 5.97 Å². The van der Waals surface area contributed by atoms with Gasteiger partial charge in [0.05, 0.1) is 6.42 Å². The van der Waals surface area contributed by atoms with Gasteiger partial charge in [-0.25, -0.2) is 0 Å². The summed E-state index contributed by atoms with van der Waals surface area (Å²) in [6.07, 6.45) is 2.68. The molecule has 4 heteroatoms. The van der Waals surface area contributed by atoms with Gasteiger partial charge in [-0.2, -0.15) is 11.8 Å². The minimum atomic E-state index is -0.697. The molecule has 0 bridgehead atoms. The third kappa shape index (κ3) is 4.00. The fourth-order valence-electron chi connectivity index (χ4n) is 1.58. The lowest BCUT2D eigenvalue weighted by Crippen LogP contribution is -2.36. The van der Waals surface area contributed by atoms with Crippen LogP contribution in [0.4, 0.5) is 0 Å². The van der Waals surface area contributed by atoms with Crippen LogP contribution < -0.4 is 0 Å². The molecule has 0 aliphatic carbocycles. The molecule has 0 unspecified atom stereocenters. The maximum Gasteiger partial charge on any atom is 0.304 e. The summed E-state index contributed by atoms with van der Waals surface area (Å²) in [4.78, 5) is 12.5. The van der Waals surface area contributed by atoms with Gasteiger partial charge in [-0.15, -0.1) is 0 Å². The van der Waals surface area contributed by atoms with Crippen LogP contribution in [0.1, 0.15) is 19.3 Å². The zero-order valence-corrected chi connectivity index (χ0v) is 8.85. The summed E-state index contributed by atoms with van der Waals surface area (Å²) in [5.41, 5.74) is 0. The van der Waals surface area contributed by atoms with E-state index in [1.807, 2.05) is 18.8 Å². The highest BCUT2D eigenvalue weighted by molar-refractivity contribution is 7.99. The van der Waals surface area contributed by atoms with Crippen LogP contribution in [0, 0.1) is 0 Å². The number of rotatable bonds is 4. The number of thioether (sulfide) groups is 1. The zero-order chi connectivity index (χ0) is 9.68. The van der Waals surface area contributed by atoms with Crippen LogP contribution in [0.2, 0.25) is 0 Å². The van der Waals surface area contributed by atoms with Crippen molar-refractivity contribution >= 4 is 17.7 Å². The van der Waals surface area contributed by atoms with E-state index in [0.717, 1.165) is 0 Å². The fraction of sp³-hybridized carbons (Fsp3) is 0.889. The molecule has 1 rings (SSSR count). The Morgan fingerprint density at radius 2 is 2.15 bits per heavy atom. The van der Waals surface area contributed by atoms with Crippen LogP contribution >= 0.6 is 11.8 Å². The molecular weight excluding hydrogens is 186 g/mol. The molecule has 3 nitrogen and oxygen atoms in total. The molecule has 0 aromatic carbocycles. The van der Waals surface area contributed by atoms with E-state index < -0.39 is 5.97 Å². The highest BCUT2D eigenvalue weighted by Crippen LogP contribution is 2.20. The van der Waals surface area contributed by atoms with E-state index in [1.165, 1.54) is 24.3 Å². The summed E-state index contributed by atoms with van der Waals surface area (Å²) in [6.45, 7) is 0.685. The maximum atomic E-state index is 10.4. The van der Waals surface area contributed by atoms with E-state index in [0.29, 0.717) is 12.6 Å². The minimum Gasteiger partial charge on any atom is -0.481 e. The number of hydrogen-bond donors (Lipinski definition) is 1. The summed E-state index contributed by atoms with van der Waals surface area (Å²) in [5.74, 6) is 1.75. The van der Waals surface area contributed by atoms with Crippen molar-refractivity contribution in [2.24, 2.45) is 0 Å². The molecule has 0 spiro atoms. The zero-order valence-electron chi connectivity index (χ0n) is 8.03. The molecular formula is C9H17NO2S. The molecule has 1 heterocycles. The van der Waals surface area contributed by atoms with Crippen molar-refractivity contribution in [3.8, 4) is 0 Å². The van der Waals surface area contributed by atoms with Gasteiger partial charge < -0.3 is 10.0 Å². The standard InChI is InChI=1S/C9H17NO2S/c1-10(5-2-9(11)12)8-3-6-13-7-4-8/h8H,2-7H2,1H3,(H,11,12). The first-order chi connectivity index (χ1) is 6.20. The molecule has 0 saturated carbocycles. The highest BCUT2D eigenvalue weighted by atomic mass is 32.2. The minimum absolute atomic E-state index is 0.264. The molecule has 0 atom stereocenters. The van der Waals surface area contributed by atoms with Crippen molar-refractivity contribution in [1.82, 2.24) is 4.90 Å². The second-order valence-electron chi connectivity index (χ2n) is 3.47. The van der Waals surface area contributed by atoms with Gasteiger partial charge in [-0.3, -0.25) is 4.79 Å². The van der Waals surface area contributed by atoms with Crippen molar-refractivity contribution in [1.29, 1.82) is 0 Å². The average Bonchev–Trinajstić information content (AvgIpc) is 2.15. The van der Waals surface area contributed by atoms with Crippen molar-refractivity contribution in [3.05, 3.63) is 0 Å². The van der Waals surface area contributed by atoms with Crippen molar-refractivity contribution < 1.29 is 9.90 Å². The van der Waals surface area contributed by atoms with Gasteiger partial charge in [0.25, 0.3) is 0 Å². The number of hydrogen-bond acceptors (Lipinski definition) is 3. The smallest absolute Gasteiger partial charge is 0.304 e. The normalized spacial score (nSPS) is 19.2. The largest absolute Gasteiger partial charge is 0.481 e. The number of aliphatic carboxylic acids is 1. The van der Waals surface area contributed by atoms with Gasteiger partial charge in [0.1, 0.15) is 0 Å². The molecule has 13 heavy (non-hydrogen) atoms. The Balaban J connectivity index is 2.20. The van der Waals surface area contributed by atoms with E-state index in [9.17, 15) is 4.79 Å². The molecule has 76 valence electrons. The molecule has 1 aliphatic rings. The Labute approximate surface area is 83.5 Å². The molecule has 0 aromatic rings. The lowest BCUT2D eigenvalue weighted by atomic mass is 10.1. The summed E-state index contributed by atoms with van der Waals surface area (Å²) in [7, 11) is 2.03. The number of carbonyl (C=O) groups is 1. The first-order valence-electron chi connectivity index (χ1n) is 4.70. The van der Waals surface area contributed by atoms with Gasteiger partial charge in [-0.05, 0) is 31.4 Å². The van der Waals surface area contributed by atoms with E-state index >= 15 is 0 Å². The molecule has 0 aromatic heterocycles. The van der Waals surface area contributed by atoms with Crippen molar-refractivity contribution in [2.75, 3.05) is 25.1 Å². The third-order valence-electron chi connectivity index (χ3n) is 2.49. The van der Waals surface area contributed by atoms with E-state index in [1.54, 1.807) is 0 Å². The molecule has 1 saturated heterocycles. The first-order valence-corrected chi connectivity index (χ1v) is 5.85. The number of carboxylic acid groups (broad SMARTS) is 1.